The third-order valence-electron chi connectivity index (χ3n) is 3.52. The molecule has 1 aliphatic rings. The van der Waals surface area contributed by atoms with E-state index in [0.717, 1.165) is 6.42 Å². The molecule has 2 amide bonds. The van der Waals surface area contributed by atoms with Crippen molar-refractivity contribution in [1.29, 1.82) is 0 Å². The number of hydrogen-bond acceptors (Lipinski definition) is 4. The van der Waals surface area contributed by atoms with Crippen molar-refractivity contribution in [1.82, 2.24) is 5.32 Å². The molecule has 0 saturated heterocycles. The van der Waals surface area contributed by atoms with Crippen molar-refractivity contribution in [2.75, 3.05) is 38.3 Å². The molecule has 0 aromatic heterocycles. The number of primary amides is 1. The molecule has 0 saturated carbocycles. The minimum absolute atomic E-state index is 0.0130. The third kappa shape index (κ3) is 4.19. The van der Waals surface area contributed by atoms with Crippen LogP contribution in [0.25, 0.3) is 0 Å². The molecule has 2 rings (SSSR count). The number of para-hydroxylation sites is 1. The average molecular weight is 291 g/mol. The number of carbonyl (C=O) groups excluding carboxylic acids is 2. The first-order chi connectivity index (χ1) is 10.1. The van der Waals surface area contributed by atoms with Gasteiger partial charge in [-0.2, -0.15) is 0 Å². The predicted molar refractivity (Wildman–Crippen MR) is 79.9 cm³/mol. The summed E-state index contributed by atoms with van der Waals surface area (Å²) in [5, 5.41) is 2.83. The molecule has 0 unspecified atom stereocenters. The van der Waals surface area contributed by atoms with Gasteiger partial charge in [0.05, 0.1) is 12.5 Å². The predicted octanol–water partition coefficient (Wildman–Crippen LogP) is -0.0868. The van der Waals surface area contributed by atoms with Crippen molar-refractivity contribution < 1.29 is 14.3 Å². The number of nitrogens with two attached hydrogens (primary N) is 1. The van der Waals surface area contributed by atoms with E-state index in [4.69, 9.17) is 10.5 Å². The van der Waals surface area contributed by atoms with Crippen LogP contribution in [0.4, 0.5) is 5.69 Å². The molecule has 0 aliphatic carbocycles. The van der Waals surface area contributed by atoms with E-state index in [0.29, 0.717) is 13.1 Å². The van der Waals surface area contributed by atoms with Gasteiger partial charge in [-0.1, -0.05) is 18.2 Å². The summed E-state index contributed by atoms with van der Waals surface area (Å²) in [6.45, 7) is 1.25. The second-order valence-electron chi connectivity index (χ2n) is 5.22. The number of benzene rings is 1. The molecule has 1 heterocycles. The lowest BCUT2D eigenvalue weighted by Crippen LogP contribution is -2.42. The lowest BCUT2D eigenvalue weighted by atomic mass is 9.92. The number of carbonyl (C=O) groups is 2. The Morgan fingerprint density at radius 2 is 2.19 bits per heavy atom. The fourth-order valence-electron chi connectivity index (χ4n) is 2.55. The summed E-state index contributed by atoms with van der Waals surface area (Å²) in [5.41, 5.74) is 7.33. The molecule has 1 atom stereocenters. The number of ether oxygens (including phenoxy) is 1. The van der Waals surface area contributed by atoms with E-state index in [1.165, 1.54) is 11.3 Å². The van der Waals surface area contributed by atoms with Crippen LogP contribution in [-0.4, -0.2) is 45.2 Å². The van der Waals surface area contributed by atoms with Gasteiger partial charge < -0.3 is 20.7 Å². The van der Waals surface area contributed by atoms with E-state index in [2.05, 4.69) is 22.3 Å². The fourth-order valence-corrected chi connectivity index (χ4v) is 2.55. The van der Waals surface area contributed by atoms with Gasteiger partial charge in [-0.15, -0.1) is 0 Å². The van der Waals surface area contributed by atoms with Gasteiger partial charge in [-0.25, -0.2) is 0 Å². The van der Waals surface area contributed by atoms with Crippen LogP contribution in [0, 0.1) is 5.92 Å². The van der Waals surface area contributed by atoms with Gasteiger partial charge in [0.1, 0.15) is 6.61 Å². The topological polar surface area (TPSA) is 84.7 Å². The summed E-state index contributed by atoms with van der Waals surface area (Å²) in [6, 6.07) is 8.12. The highest BCUT2D eigenvalue weighted by Gasteiger charge is 2.26. The van der Waals surface area contributed by atoms with Crippen LogP contribution in [0.3, 0.4) is 0 Å². The number of nitrogens with one attached hydrogen (secondary N) is 1. The lowest BCUT2D eigenvalue weighted by molar-refractivity contribution is -0.125. The second kappa shape index (κ2) is 7.08. The Balaban J connectivity index is 1.80. The minimum Gasteiger partial charge on any atom is -0.374 e. The Kier molecular flexibility index (Phi) is 5.16. The molecule has 1 aromatic carbocycles. The first-order valence-corrected chi connectivity index (χ1v) is 7.00. The first-order valence-electron chi connectivity index (χ1n) is 7.00. The molecule has 6 heteroatoms. The summed E-state index contributed by atoms with van der Waals surface area (Å²) in [6.07, 6.45) is 0.745. The zero-order valence-corrected chi connectivity index (χ0v) is 12.2. The van der Waals surface area contributed by atoms with Crippen LogP contribution in [0.2, 0.25) is 0 Å². The molecule has 1 aliphatic heterocycles. The lowest BCUT2D eigenvalue weighted by Gasteiger charge is -2.32. The highest BCUT2D eigenvalue weighted by Crippen LogP contribution is 2.28. The number of nitrogens with zero attached hydrogens (tertiary/aromatic N) is 1. The van der Waals surface area contributed by atoms with E-state index < -0.39 is 5.91 Å². The van der Waals surface area contributed by atoms with Crippen molar-refractivity contribution in [3.8, 4) is 0 Å². The maximum Gasteiger partial charge on any atom is 0.243 e. The van der Waals surface area contributed by atoms with Gasteiger partial charge in [-0.05, 0) is 18.1 Å². The maximum atomic E-state index is 12.2. The summed E-state index contributed by atoms with van der Waals surface area (Å²) in [7, 11) is 1.99. The molecule has 21 heavy (non-hydrogen) atoms. The fraction of sp³-hybridized carbons (Fsp3) is 0.467. The number of rotatable bonds is 6. The highest BCUT2D eigenvalue weighted by atomic mass is 16.5. The quantitative estimate of drug-likeness (QED) is 0.718. The Morgan fingerprint density at radius 3 is 2.95 bits per heavy atom. The summed E-state index contributed by atoms with van der Waals surface area (Å²) in [4.78, 5) is 24.8. The van der Waals surface area contributed by atoms with Crippen LogP contribution in [0.5, 0.6) is 0 Å². The maximum absolute atomic E-state index is 12.2. The molecule has 0 spiro atoms. The number of fused-ring (bicyclic) bond motifs is 1. The Bertz CT molecular complexity index is 519. The molecule has 0 radical (unpaired) electrons. The molecule has 0 fully saturated rings. The van der Waals surface area contributed by atoms with Crippen molar-refractivity contribution in [2.24, 2.45) is 11.7 Å². The third-order valence-corrected chi connectivity index (χ3v) is 3.52. The van der Waals surface area contributed by atoms with Gasteiger partial charge in [0.25, 0.3) is 0 Å². The largest absolute Gasteiger partial charge is 0.374 e. The van der Waals surface area contributed by atoms with Crippen molar-refractivity contribution >= 4 is 17.5 Å². The number of anilines is 1. The van der Waals surface area contributed by atoms with Gasteiger partial charge in [0.15, 0.2) is 0 Å². The Morgan fingerprint density at radius 1 is 1.43 bits per heavy atom. The van der Waals surface area contributed by atoms with E-state index in [1.807, 2.05) is 19.2 Å². The molecular weight excluding hydrogens is 270 g/mol. The SMILES string of the molecule is CN1C[C@@H](C(=O)NCCOCC(N)=O)Cc2ccccc21. The molecule has 6 nitrogen and oxygen atoms in total. The number of amides is 2. The molecule has 114 valence electrons. The monoisotopic (exact) mass is 291 g/mol. The van der Waals surface area contributed by atoms with Crippen LogP contribution in [0.1, 0.15) is 5.56 Å². The second-order valence-corrected chi connectivity index (χ2v) is 5.22. The van der Waals surface area contributed by atoms with Crippen LogP contribution in [-0.2, 0) is 20.7 Å². The van der Waals surface area contributed by atoms with Gasteiger partial charge in [0, 0.05) is 25.8 Å². The van der Waals surface area contributed by atoms with Crippen molar-refractivity contribution in [3.63, 3.8) is 0 Å². The van der Waals surface area contributed by atoms with Crippen LogP contribution < -0.4 is 16.0 Å². The zero-order chi connectivity index (χ0) is 15.2. The van der Waals surface area contributed by atoms with Crippen LogP contribution >= 0.6 is 0 Å². The Labute approximate surface area is 124 Å². The zero-order valence-electron chi connectivity index (χ0n) is 12.2. The molecule has 3 N–H and O–H groups in total. The summed E-state index contributed by atoms with van der Waals surface area (Å²) >= 11 is 0. The number of hydrogen-bond donors (Lipinski definition) is 2. The van der Waals surface area contributed by atoms with Crippen molar-refractivity contribution in [2.45, 2.75) is 6.42 Å². The molecule has 0 bridgehead atoms. The van der Waals surface area contributed by atoms with E-state index in [1.54, 1.807) is 0 Å². The van der Waals surface area contributed by atoms with Gasteiger partial charge in [0.2, 0.25) is 11.8 Å². The molecular formula is C15H21N3O3. The minimum atomic E-state index is -0.508. The van der Waals surface area contributed by atoms with Gasteiger partial charge >= 0.3 is 0 Å². The first kappa shape index (κ1) is 15.3. The summed E-state index contributed by atoms with van der Waals surface area (Å²) in [5.74, 6) is -0.563. The van der Waals surface area contributed by atoms with Gasteiger partial charge in [-0.3, -0.25) is 9.59 Å². The van der Waals surface area contributed by atoms with E-state index in [-0.39, 0.29) is 25.0 Å². The standard InChI is InChI=1S/C15H21N3O3/c1-18-9-12(8-11-4-2-3-5-13(11)18)15(20)17-6-7-21-10-14(16)19/h2-5,12H,6-10H2,1H3,(H2,16,19)(H,17,20)/t12-/m0/s1. The average Bonchev–Trinajstić information content (AvgIpc) is 2.46. The molecule has 1 aromatic rings. The van der Waals surface area contributed by atoms with Crippen molar-refractivity contribution in [3.05, 3.63) is 29.8 Å². The van der Waals surface area contributed by atoms with E-state index >= 15 is 0 Å². The van der Waals surface area contributed by atoms with Crippen LogP contribution in [0.15, 0.2) is 24.3 Å². The highest BCUT2D eigenvalue weighted by molar-refractivity contribution is 5.81. The normalized spacial score (nSPS) is 17.2. The summed E-state index contributed by atoms with van der Waals surface area (Å²) < 4.78 is 5.01. The smallest absolute Gasteiger partial charge is 0.243 e. The Hall–Kier alpha value is -2.08. The van der Waals surface area contributed by atoms with E-state index in [9.17, 15) is 9.59 Å².